The number of carbonyl (C=O) groups excluding carboxylic acids is 2. The Morgan fingerprint density at radius 3 is 2.42 bits per heavy atom. The van der Waals surface area contributed by atoms with Crippen LogP contribution in [0.25, 0.3) is 10.9 Å². The van der Waals surface area contributed by atoms with Crippen LogP contribution in [0, 0.1) is 11.8 Å². The summed E-state index contributed by atoms with van der Waals surface area (Å²) in [6.07, 6.45) is 3.03. The molecule has 2 heterocycles. The summed E-state index contributed by atoms with van der Waals surface area (Å²) in [4.78, 5) is 55.2. The number of hydrogen-bond donors (Lipinski definition) is 0. The maximum atomic E-state index is 13.2. The average molecular weight is 501 g/mol. The van der Waals surface area contributed by atoms with Gasteiger partial charge in [-0.25, -0.2) is 4.79 Å². The van der Waals surface area contributed by atoms with Crippen LogP contribution in [0.5, 0.6) is 5.75 Å². The van der Waals surface area contributed by atoms with E-state index in [1.807, 2.05) is 11.8 Å². The van der Waals surface area contributed by atoms with Gasteiger partial charge < -0.3 is 19.3 Å². The molecule has 1 aliphatic heterocycles. The first kappa shape index (κ1) is 25.9. The lowest BCUT2D eigenvalue weighted by Gasteiger charge is -2.41. The smallest absolute Gasteiger partial charge is 0.331 e. The highest BCUT2D eigenvalue weighted by molar-refractivity contribution is 5.81. The number of amides is 2. The molecular formula is C26H36N4O6. The number of carbonyl (C=O) groups is 2. The van der Waals surface area contributed by atoms with E-state index in [1.54, 1.807) is 37.3 Å². The van der Waals surface area contributed by atoms with Gasteiger partial charge in [0.15, 0.2) is 0 Å². The molecular weight excluding hydrogens is 464 g/mol. The zero-order chi connectivity index (χ0) is 26.0. The Kier molecular flexibility index (Phi) is 7.82. The summed E-state index contributed by atoms with van der Waals surface area (Å²) in [6.45, 7) is 3.94. The minimum Gasteiger partial charge on any atom is -0.497 e. The van der Waals surface area contributed by atoms with Crippen LogP contribution in [0.15, 0.2) is 27.8 Å². The largest absolute Gasteiger partial charge is 0.497 e. The predicted molar refractivity (Wildman–Crippen MR) is 135 cm³/mol. The molecule has 0 unspecified atom stereocenters. The fourth-order valence-corrected chi connectivity index (χ4v) is 5.63. The molecule has 1 saturated heterocycles. The quantitative estimate of drug-likeness (QED) is 0.591. The Labute approximate surface area is 210 Å². The molecule has 2 fully saturated rings. The highest BCUT2D eigenvalue weighted by Crippen LogP contribution is 2.31. The highest BCUT2D eigenvalue weighted by atomic mass is 16.5. The first-order chi connectivity index (χ1) is 17.2. The van der Waals surface area contributed by atoms with Gasteiger partial charge in [-0.1, -0.05) is 0 Å². The summed E-state index contributed by atoms with van der Waals surface area (Å²) < 4.78 is 13.0. The summed E-state index contributed by atoms with van der Waals surface area (Å²) in [6, 6.07) is 5.09. The normalized spacial score (nSPS) is 22.6. The summed E-state index contributed by atoms with van der Waals surface area (Å²) in [5.41, 5.74) is -0.0552. The monoisotopic (exact) mass is 500 g/mol. The van der Waals surface area contributed by atoms with Crippen molar-refractivity contribution in [1.29, 1.82) is 0 Å². The summed E-state index contributed by atoms with van der Waals surface area (Å²) in [7, 11) is 4.72. The summed E-state index contributed by atoms with van der Waals surface area (Å²) >= 11 is 0. The van der Waals surface area contributed by atoms with Crippen LogP contribution < -0.4 is 16.0 Å². The average Bonchev–Trinajstić information content (AvgIpc) is 2.89. The third kappa shape index (κ3) is 5.04. The van der Waals surface area contributed by atoms with Crippen molar-refractivity contribution in [2.24, 2.45) is 18.9 Å². The Morgan fingerprint density at radius 2 is 1.78 bits per heavy atom. The van der Waals surface area contributed by atoms with Crippen molar-refractivity contribution in [3.63, 3.8) is 0 Å². The van der Waals surface area contributed by atoms with Crippen LogP contribution in [0.4, 0.5) is 0 Å². The Bertz CT molecular complexity index is 1240. The minimum atomic E-state index is -0.328. The standard InChI is InChI=1S/C26H36N4O6/c1-17-14-28(11-12-29(17)23(31)16-35-3)24(32)19-7-5-18(6-8-19)15-30-25(33)21-13-20(36-4)9-10-22(21)27(2)26(30)34/h9-10,13,17-19H,5-8,11-12,14-16H2,1-4H3/t17-,18?,19?/m0/s1. The lowest BCUT2D eigenvalue weighted by Crippen LogP contribution is -2.57. The summed E-state index contributed by atoms with van der Waals surface area (Å²) in [5.74, 6) is 0.762. The molecule has 10 heteroatoms. The first-order valence-electron chi connectivity index (χ1n) is 12.6. The molecule has 0 spiro atoms. The first-order valence-corrected chi connectivity index (χ1v) is 12.6. The van der Waals surface area contributed by atoms with E-state index in [9.17, 15) is 19.2 Å². The van der Waals surface area contributed by atoms with Gasteiger partial charge in [-0.3, -0.25) is 23.5 Å². The van der Waals surface area contributed by atoms with Gasteiger partial charge in [0, 0.05) is 52.3 Å². The molecule has 196 valence electrons. The van der Waals surface area contributed by atoms with E-state index in [1.165, 1.54) is 16.2 Å². The zero-order valence-electron chi connectivity index (χ0n) is 21.6. The lowest BCUT2D eigenvalue weighted by atomic mass is 9.81. The van der Waals surface area contributed by atoms with Crippen LogP contribution in [-0.2, 0) is 27.9 Å². The minimum absolute atomic E-state index is 0.0451. The molecule has 4 rings (SSSR count). The molecule has 0 radical (unpaired) electrons. The summed E-state index contributed by atoms with van der Waals surface area (Å²) in [5, 5.41) is 0.456. The number of aromatic nitrogens is 2. The molecule has 1 aromatic carbocycles. The van der Waals surface area contributed by atoms with Crippen LogP contribution in [-0.4, -0.2) is 77.3 Å². The van der Waals surface area contributed by atoms with Gasteiger partial charge in [-0.2, -0.15) is 0 Å². The van der Waals surface area contributed by atoms with Gasteiger partial charge in [-0.05, 0) is 56.7 Å². The third-order valence-electron chi connectivity index (χ3n) is 7.72. The van der Waals surface area contributed by atoms with Crippen LogP contribution in [0.1, 0.15) is 32.6 Å². The van der Waals surface area contributed by atoms with Crippen LogP contribution >= 0.6 is 0 Å². The van der Waals surface area contributed by atoms with E-state index in [0.29, 0.717) is 42.8 Å². The molecule has 36 heavy (non-hydrogen) atoms. The van der Waals surface area contributed by atoms with Crippen molar-refractivity contribution < 1.29 is 19.1 Å². The van der Waals surface area contributed by atoms with Crippen molar-refractivity contribution in [3.05, 3.63) is 39.0 Å². The molecule has 10 nitrogen and oxygen atoms in total. The van der Waals surface area contributed by atoms with Gasteiger partial charge in [0.1, 0.15) is 12.4 Å². The van der Waals surface area contributed by atoms with Crippen molar-refractivity contribution in [1.82, 2.24) is 18.9 Å². The predicted octanol–water partition coefficient (Wildman–Crippen LogP) is 1.22. The topological polar surface area (TPSA) is 103 Å². The Morgan fingerprint density at radius 1 is 1.06 bits per heavy atom. The Balaban J connectivity index is 1.39. The van der Waals surface area contributed by atoms with E-state index >= 15 is 0 Å². The fraction of sp³-hybridized carbons (Fsp3) is 0.615. The molecule has 1 aromatic heterocycles. The van der Waals surface area contributed by atoms with Gasteiger partial charge in [0.25, 0.3) is 5.56 Å². The maximum Gasteiger partial charge on any atom is 0.331 e. The third-order valence-corrected chi connectivity index (χ3v) is 7.72. The number of methoxy groups -OCH3 is 2. The zero-order valence-corrected chi connectivity index (χ0v) is 21.6. The van der Waals surface area contributed by atoms with Crippen molar-refractivity contribution in [2.45, 2.75) is 45.2 Å². The molecule has 0 N–H and O–H groups in total. The van der Waals surface area contributed by atoms with Gasteiger partial charge in [0.05, 0.1) is 18.0 Å². The molecule has 1 atom stereocenters. The SMILES string of the molecule is COCC(=O)N1CCN(C(=O)C2CCC(Cn3c(=O)c4cc(OC)ccc4n(C)c3=O)CC2)C[C@@H]1C. The second-order valence-corrected chi connectivity index (χ2v) is 10.0. The van der Waals surface area contributed by atoms with E-state index < -0.39 is 0 Å². The molecule has 2 aromatic rings. The number of aryl methyl sites for hydroxylation is 1. The van der Waals surface area contributed by atoms with Gasteiger partial charge in [-0.15, -0.1) is 0 Å². The van der Waals surface area contributed by atoms with Crippen molar-refractivity contribution in [3.8, 4) is 5.75 Å². The van der Waals surface area contributed by atoms with E-state index in [2.05, 4.69) is 0 Å². The van der Waals surface area contributed by atoms with Crippen molar-refractivity contribution in [2.75, 3.05) is 40.5 Å². The van der Waals surface area contributed by atoms with Crippen LogP contribution in [0.3, 0.4) is 0 Å². The number of hydrogen-bond acceptors (Lipinski definition) is 6. The molecule has 2 aliphatic rings. The number of fused-ring (bicyclic) bond motifs is 1. The molecule has 1 saturated carbocycles. The maximum absolute atomic E-state index is 13.2. The molecule has 2 amide bonds. The number of nitrogens with zero attached hydrogens (tertiary/aromatic N) is 4. The second kappa shape index (κ2) is 10.9. The lowest BCUT2D eigenvalue weighted by molar-refractivity contribution is -0.147. The van der Waals surface area contributed by atoms with Crippen molar-refractivity contribution >= 4 is 22.7 Å². The van der Waals surface area contributed by atoms with E-state index in [0.717, 1.165) is 25.7 Å². The highest BCUT2D eigenvalue weighted by Gasteiger charge is 2.34. The number of ether oxygens (including phenoxy) is 2. The number of benzene rings is 1. The van der Waals surface area contributed by atoms with Gasteiger partial charge >= 0.3 is 5.69 Å². The van der Waals surface area contributed by atoms with Crippen LogP contribution in [0.2, 0.25) is 0 Å². The second-order valence-electron chi connectivity index (χ2n) is 10.0. The Hall–Kier alpha value is -3.14. The number of piperazine rings is 1. The number of rotatable bonds is 6. The van der Waals surface area contributed by atoms with E-state index in [-0.39, 0.29) is 47.5 Å². The molecule has 0 bridgehead atoms. The molecule has 1 aliphatic carbocycles. The fourth-order valence-electron chi connectivity index (χ4n) is 5.63. The van der Waals surface area contributed by atoms with Gasteiger partial charge in [0.2, 0.25) is 11.8 Å². The van der Waals surface area contributed by atoms with E-state index in [4.69, 9.17) is 9.47 Å².